The van der Waals surface area contributed by atoms with Crippen molar-refractivity contribution in [3.05, 3.63) is 29.8 Å². The second kappa shape index (κ2) is 7.90. The quantitative estimate of drug-likeness (QED) is 0.540. The molecule has 0 saturated heterocycles. The Bertz CT molecular complexity index is 409. The van der Waals surface area contributed by atoms with E-state index in [9.17, 15) is 4.79 Å². The molecular weight excluding hydrogens is 256 g/mol. The molecule has 1 rings (SSSR count). The Labute approximate surface area is 121 Å². The SMILES string of the molecule is CCOC(=O)c1ccc(OCCOC(C)(C)CC)cc1. The lowest BCUT2D eigenvalue weighted by Crippen LogP contribution is -2.25. The standard InChI is InChI=1S/C16H24O4/c1-5-16(3,4)20-12-11-19-14-9-7-13(8-10-14)15(17)18-6-2/h7-10H,5-6,11-12H2,1-4H3. The highest BCUT2D eigenvalue weighted by atomic mass is 16.5. The molecule has 0 N–H and O–H groups in total. The number of ether oxygens (including phenoxy) is 3. The number of carbonyl (C=O) groups excluding carboxylic acids is 1. The number of carbonyl (C=O) groups is 1. The van der Waals surface area contributed by atoms with Crippen molar-refractivity contribution in [2.45, 2.75) is 39.7 Å². The van der Waals surface area contributed by atoms with Crippen LogP contribution in [0.4, 0.5) is 0 Å². The third kappa shape index (κ3) is 5.61. The predicted octanol–water partition coefficient (Wildman–Crippen LogP) is 3.45. The first kappa shape index (κ1) is 16.5. The molecule has 1 aromatic carbocycles. The minimum atomic E-state index is -0.313. The van der Waals surface area contributed by atoms with Crippen molar-refractivity contribution in [3.8, 4) is 5.75 Å². The molecule has 112 valence electrons. The number of hydrogen-bond acceptors (Lipinski definition) is 4. The van der Waals surface area contributed by atoms with E-state index in [1.54, 1.807) is 31.2 Å². The Balaban J connectivity index is 2.37. The minimum Gasteiger partial charge on any atom is -0.491 e. The fourth-order valence-corrected chi connectivity index (χ4v) is 1.48. The van der Waals surface area contributed by atoms with Gasteiger partial charge in [-0.25, -0.2) is 4.79 Å². The van der Waals surface area contributed by atoms with E-state index in [4.69, 9.17) is 14.2 Å². The minimum absolute atomic E-state index is 0.114. The maximum atomic E-state index is 11.5. The van der Waals surface area contributed by atoms with Crippen molar-refractivity contribution in [2.75, 3.05) is 19.8 Å². The Hall–Kier alpha value is -1.55. The number of rotatable bonds is 8. The second-order valence-corrected chi connectivity index (χ2v) is 5.06. The zero-order chi connectivity index (χ0) is 15.0. The van der Waals surface area contributed by atoms with Gasteiger partial charge in [-0.15, -0.1) is 0 Å². The van der Waals surface area contributed by atoms with Gasteiger partial charge in [-0.2, -0.15) is 0 Å². The van der Waals surface area contributed by atoms with Gasteiger partial charge in [-0.3, -0.25) is 0 Å². The molecule has 1 aromatic rings. The molecule has 0 heterocycles. The Morgan fingerprint density at radius 2 is 1.75 bits per heavy atom. The summed E-state index contributed by atoms with van der Waals surface area (Å²) in [6, 6.07) is 6.92. The molecule has 0 amide bonds. The van der Waals surface area contributed by atoms with Crippen LogP contribution >= 0.6 is 0 Å². The molecule has 0 saturated carbocycles. The van der Waals surface area contributed by atoms with E-state index in [-0.39, 0.29) is 11.6 Å². The molecule has 4 heteroatoms. The van der Waals surface area contributed by atoms with E-state index in [1.807, 2.05) is 0 Å². The van der Waals surface area contributed by atoms with Crippen LogP contribution in [0, 0.1) is 0 Å². The van der Waals surface area contributed by atoms with Gasteiger partial charge in [0.15, 0.2) is 0 Å². The summed E-state index contributed by atoms with van der Waals surface area (Å²) >= 11 is 0. The van der Waals surface area contributed by atoms with Gasteiger partial charge < -0.3 is 14.2 Å². The summed E-state index contributed by atoms with van der Waals surface area (Å²) in [4.78, 5) is 11.5. The smallest absolute Gasteiger partial charge is 0.338 e. The van der Waals surface area contributed by atoms with Crippen LogP contribution in [0.1, 0.15) is 44.5 Å². The Morgan fingerprint density at radius 1 is 1.10 bits per heavy atom. The van der Waals surface area contributed by atoms with E-state index >= 15 is 0 Å². The first-order valence-electron chi connectivity index (χ1n) is 7.02. The molecule has 0 radical (unpaired) electrons. The van der Waals surface area contributed by atoms with Crippen molar-refractivity contribution >= 4 is 5.97 Å². The van der Waals surface area contributed by atoms with Gasteiger partial charge in [0.25, 0.3) is 0 Å². The van der Waals surface area contributed by atoms with Gasteiger partial charge in [0.1, 0.15) is 12.4 Å². The van der Waals surface area contributed by atoms with Crippen molar-refractivity contribution in [1.29, 1.82) is 0 Å². The lowest BCUT2D eigenvalue weighted by atomic mass is 10.1. The van der Waals surface area contributed by atoms with Crippen LogP contribution in [-0.2, 0) is 9.47 Å². The van der Waals surface area contributed by atoms with Crippen LogP contribution in [0.25, 0.3) is 0 Å². The summed E-state index contributed by atoms with van der Waals surface area (Å²) < 4.78 is 16.2. The maximum Gasteiger partial charge on any atom is 0.338 e. The molecule has 0 atom stereocenters. The molecule has 4 nitrogen and oxygen atoms in total. The van der Waals surface area contributed by atoms with E-state index < -0.39 is 0 Å². The van der Waals surface area contributed by atoms with Crippen molar-refractivity contribution in [3.63, 3.8) is 0 Å². The molecule has 0 fully saturated rings. The van der Waals surface area contributed by atoms with Crippen LogP contribution in [0.3, 0.4) is 0 Å². The van der Waals surface area contributed by atoms with E-state index in [0.29, 0.717) is 25.4 Å². The van der Waals surface area contributed by atoms with Gasteiger partial charge in [0.05, 0.1) is 24.4 Å². The van der Waals surface area contributed by atoms with Gasteiger partial charge in [-0.05, 0) is 51.5 Å². The predicted molar refractivity (Wildman–Crippen MR) is 78.2 cm³/mol. The summed E-state index contributed by atoms with van der Waals surface area (Å²) in [6.07, 6.45) is 0.960. The molecule has 0 aliphatic heterocycles. The average Bonchev–Trinajstić information content (AvgIpc) is 2.44. The molecule has 0 aliphatic rings. The highest BCUT2D eigenvalue weighted by Crippen LogP contribution is 2.15. The molecule has 0 bridgehead atoms. The van der Waals surface area contributed by atoms with Crippen LogP contribution in [0.2, 0.25) is 0 Å². The largest absolute Gasteiger partial charge is 0.491 e. The van der Waals surface area contributed by atoms with E-state index in [1.165, 1.54) is 0 Å². The Kier molecular flexibility index (Phi) is 6.52. The van der Waals surface area contributed by atoms with E-state index in [2.05, 4.69) is 20.8 Å². The van der Waals surface area contributed by atoms with Crippen LogP contribution in [0.15, 0.2) is 24.3 Å². The van der Waals surface area contributed by atoms with Gasteiger partial charge in [0.2, 0.25) is 0 Å². The van der Waals surface area contributed by atoms with Crippen LogP contribution in [0.5, 0.6) is 5.75 Å². The summed E-state index contributed by atoms with van der Waals surface area (Å²) in [5.74, 6) is 0.406. The fraction of sp³-hybridized carbons (Fsp3) is 0.562. The topological polar surface area (TPSA) is 44.8 Å². The molecule has 0 spiro atoms. The van der Waals surface area contributed by atoms with Crippen molar-refractivity contribution < 1.29 is 19.0 Å². The lowest BCUT2D eigenvalue weighted by molar-refractivity contribution is -0.0317. The normalized spacial score (nSPS) is 11.2. The zero-order valence-corrected chi connectivity index (χ0v) is 12.8. The van der Waals surface area contributed by atoms with Gasteiger partial charge >= 0.3 is 5.97 Å². The average molecular weight is 280 g/mol. The second-order valence-electron chi connectivity index (χ2n) is 5.06. The van der Waals surface area contributed by atoms with Crippen LogP contribution in [-0.4, -0.2) is 31.4 Å². The number of hydrogen-bond donors (Lipinski definition) is 0. The monoisotopic (exact) mass is 280 g/mol. The summed E-state index contributed by atoms with van der Waals surface area (Å²) in [6.45, 7) is 9.40. The molecule has 0 aromatic heterocycles. The molecular formula is C16H24O4. The Morgan fingerprint density at radius 3 is 2.30 bits per heavy atom. The zero-order valence-electron chi connectivity index (χ0n) is 12.8. The molecule has 0 unspecified atom stereocenters. The van der Waals surface area contributed by atoms with Crippen LogP contribution < -0.4 is 4.74 Å². The first-order chi connectivity index (χ1) is 9.48. The maximum absolute atomic E-state index is 11.5. The lowest BCUT2D eigenvalue weighted by Gasteiger charge is -2.23. The highest BCUT2D eigenvalue weighted by molar-refractivity contribution is 5.89. The molecule has 0 aliphatic carbocycles. The first-order valence-corrected chi connectivity index (χ1v) is 7.02. The third-order valence-electron chi connectivity index (χ3n) is 3.06. The summed E-state index contributed by atoms with van der Waals surface area (Å²) in [7, 11) is 0. The summed E-state index contributed by atoms with van der Waals surface area (Å²) in [5.41, 5.74) is 0.416. The molecule has 20 heavy (non-hydrogen) atoms. The van der Waals surface area contributed by atoms with Crippen molar-refractivity contribution in [2.24, 2.45) is 0 Å². The van der Waals surface area contributed by atoms with Crippen molar-refractivity contribution in [1.82, 2.24) is 0 Å². The van der Waals surface area contributed by atoms with E-state index in [0.717, 1.165) is 12.2 Å². The summed E-state index contributed by atoms with van der Waals surface area (Å²) in [5, 5.41) is 0. The number of esters is 1. The van der Waals surface area contributed by atoms with Gasteiger partial charge in [-0.1, -0.05) is 6.92 Å². The third-order valence-corrected chi connectivity index (χ3v) is 3.06. The number of benzene rings is 1. The van der Waals surface area contributed by atoms with Gasteiger partial charge in [0, 0.05) is 0 Å². The fourth-order valence-electron chi connectivity index (χ4n) is 1.48. The highest BCUT2D eigenvalue weighted by Gasteiger charge is 2.14.